The van der Waals surface area contributed by atoms with Crippen LogP contribution in [0.1, 0.15) is 55.0 Å². The van der Waals surface area contributed by atoms with Crippen LogP contribution in [0.15, 0.2) is 0 Å². The van der Waals surface area contributed by atoms with Crippen molar-refractivity contribution in [3.8, 4) is 10.6 Å². The second-order valence-electron chi connectivity index (χ2n) is 5.85. The molecule has 0 aliphatic heterocycles. The van der Waals surface area contributed by atoms with E-state index in [1.165, 1.54) is 18.3 Å². The number of anilines is 1. The molecular weight excluding hydrogens is 316 g/mol. The number of thiazole rings is 1. The molecule has 3 rings (SSSR count). The van der Waals surface area contributed by atoms with E-state index in [9.17, 15) is 14.7 Å². The number of fused-ring (bicyclic) bond motifs is 3. The van der Waals surface area contributed by atoms with Gasteiger partial charge in [-0.2, -0.15) is 5.10 Å². The minimum Gasteiger partial charge on any atom is -0.476 e. The fraction of sp³-hybridized carbons (Fsp3) is 0.467. The molecule has 0 saturated heterocycles. The van der Waals surface area contributed by atoms with Gasteiger partial charge in [-0.05, 0) is 33.1 Å². The average Bonchev–Trinajstić information content (AvgIpc) is 2.96. The summed E-state index contributed by atoms with van der Waals surface area (Å²) in [5.41, 5.74) is 2.62. The third-order valence-electron chi connectivity index (χ3n) is 3.74. The van der Waals surface area contributed by atoms with Crippen molar-refractivity contribution in [2.75, 3.05) is 5.32 Å². The molecule has 122 valence electrons. The number of hydrogen-bond acceptors (Lipinski definition) is 5. The standard InChI is InChI=1S/C15H18N4O3S/c1-7(2)19-12-9(11(18-19)14(21)22)5-4-6-10-13(12)23-15(17-10)16-8(3)20/h7H,4-6H2,1-3H3,(H,21,22)(H,16,17,20). The number of hydrogen-bond donors (Lipinski definition) is 2. The summed E-state index contributed by atoms with van der Waals surface area (Å²) in [6.45, 7) is 5.39. The Kier molecular flexibility index (Phi) is 3.93. The Labute approximate surface area is 137 Å². The second-order valence-corrected chi connectivity index (χ2v) is 6.85. The van der Waals surface area contributed by atoms with Gasteiger partial charge in [0.1, 0.15) is 0 Å². The first-order valence-electron chi connectivity index (χ1n) is 7.50. The molecule has 2 aromatic rings. The Morgan fingerprint density at radius 2 is 2.09 bits per heavy atom. The molecule has 2 heterocycles. The Bertz CT molecular complexity index is 791. The summed E-state index contributed by atoms with van der Waals surface area (Å²) in [6, 6.07) is 0.0362. The maximum atomic E-state index is 11.5. The maximum absolute atomic E-state index is 11.5. The van der Waals surface area contributed by atoms with E-state index in [1.54, 1.807) is 4.68 Å². The second kappa shape index (κ2) is 5.77. The van der Waals surface area contributed by atoms with Crippen molar-refractivity contribution in [3.63, 3.8) is 0 Å². The van der Waals surface area contributed by atoms with E-state index in [0.29, 0.717) is 11.6 Å². The molecule has 1 aliphatic rings. The molecule has 0 unspecified atom stereocenters. The van der Waals surface area contributed by atoms with E-state index in [4.69, 9.17) is 0 Å². The molecule has 2 aromatic heterocycles. The molecule has 0 aromatic carbocycles. The number of aromatic nitrogens is 3. The minimum atomic E-state index is -1.00. The van der Waals surface area contributed by atoms with Gasteiger partial charge in [-0.15, -0.1) is 0 Å². The van der Waals surface area contributed by atoms with E-state index in [1.807, 2.05) is 13.8 Å². The topological polar surface area (TPSA) is 97.1 Å². The largest absolute Gasteiger partial charge is 0.476 e. The number of carbonyl (C=O) groups is 2. The molecular formula is C15H18N4O3S. The van der Waals surface area contributed by atoms with Gasteiger partial charge in [0, 0.05) is 18.5 Å². The van der Waals surface area contributed by atoms with Crippen molar-refractivity contribution in [1.82, 2.24) is 14.8 Å². The smallest absolute Gasteiger partial charge is 0.356 e. The maximum Gasteiger partial charge on any atom is 0.356 e. The SMILES string of the molecule is CC(=O)Nc1nc2c(s1)-c1c(c(C(=O)O)nn1C(C)C)CCC2. The zero-order valence-corrected chi connectivity index (χ0v) is 14.0. The number of nitrogens with one attached hydrogen (secondary N) is 1. The number of rotatable bonds is 3. The highest BCUT2D eigenvalue weighted by molar-refractivity contribution is 7.19. The van der Waals surface area contributed by atoms with Crippen LogP contribution in [0.25, 0.3) is 10.6 Å². The fourth-order valence-electron chi connectivity index (χ4n) is 2.83. The van der Waals surface area contributed by atoms with Gasteiger partial charge in [0.05, 0.1) is 16.3 Å². The van der Waals surface area contributed by atoms with Gasteiger partial charge >= 0.3 is 5.97 Å². The molecule has 0 fully saturated rings. The van der Waals surface area contributed by atoms with E-state index in [-0.39, 0.29) is 17.6 Å². The zero-order valence-electron chi connectivity index (χ0n) is 13.2. The van der Waals surface area contributed by atoms with Crippen LogP contribution in [0.5, 0.6) is 0 Å². The minimum absolute atomic E-state index is 0.0362. The molecule has 0 bridgehead atoms. The molecule has 2 N–H and O–H groups in total. The van der Waals surface area contributed by atoms with Gasteiger partial charge in [0.25, 0.3) is 0 Å². The summed E-state index contributed by atoms with van der Waals surface area (Å²) >= 11 is 1.38. The molecule has 8 heteroatoms. The van der Waals surface area contributed by atoms with Crippen molar-refractivity contribution in [1.29, 1.82) is 0 Å². The monoisotopic (exact) mass is 334 g/mol. The number of aryl methyl sites for hydroxylation is 1. The van der Waals surface area contributed by atoms with E-state index in [0.717, 1.165) is 34.7 Å². The van der Waals surface area contributed by atoms with Crippen molar-refractivity contribution in [2.24, 2.45) is 0 Å². The predicted octanol–water partition coefficient (Wildman–Crippen LogP) is 2.73. The van der Waals surface area contributed by atoms with Crippen molar-refractivity contribution in [3.05, 3.63) is 17.0 Å². The number of aromatic carboxylic acids is 1. The summed E-state index contributed by atoms with van der Waals surface area (Å²) in [5.74, 6) is -1.17. The van der Waals surface area contributed by atoms with Crippen LogP contribution in [0.4, 0.5) is 5.13 Å². The van der Waals surface area contributed by atoms with Crippen LogP contribution in [-0.2, 0) is 17.6 Å². The molecule has 1 aliphatic carbocycles. The quantitative estimate of drug-likeness (QED) is 0.899. The summed E-state index contributed by atoms with van der Waals surface area (Å²) in [5, 5.41) is 17.0. The first-order chi connectivity index (χ1) is 10.9. The number of carbonyl (C=O) groups excluding carboxylic acids is 1. The average molecular weight is 334 g/mol. The summed E-state index contributed by atoms with van der Waals surface area (Å²) in [6.07, 6.45) is 2.24. The van der Waals surface area contributed by atoms with Crippen LogP contribution in [0, 0.1) is 0 Å². The Hall–Kier alpha value is -2.22. The number of carboxylic acids is 1. The highest BCUT2D eigenvalue weighted by Gasteiger charge is 2.30. The molecule has 0 radical (unpaired) electrons. The van der Waals surface area contributed by atoms with Gasteiger partial charge < -0.3 is 10.4 Å². The third-order valence-corrected chi connectivity index (χ3v) is 4.76. The number of nitrogens with zero attached hydrogens (tertiary/aromatic N) is 3. The van der Waals surface area contributed by atoms with Crippen LogP contribution in [-0.4, -0.2) is 31.7 Å². The van der Waals surface area contributed by atoms with Crippen molar-refractivity contribution >= 4 is 28.3 Å². The lowest BCUT2D eigenvalue weighted by atomic mass is 10.1. The number of carboxylic acid groups (broad SMARTS) is 1. The summed E-state index contributed by atoms with van der Waals surface area (Å²) in [4.78, 5) is 28.2. The molecule has 1 amide bonds. The van der Waals surface area contributed by atoms with E-state index >= 15 is 0 Å². The van der Waals surface area contributed by atoms with E-state index < -0.39 is 5.97 Å². The van der Waals surface area contributed by atoms with Gasteiger partial charge in [0.15, 0.2) is 10.8 Å². The van der Waals surface area contributed by atoms with Gasteiger partial charge in [-0.1, -0.05) is 11.3 Å². The normalized spacial score (nSPS) is 13.4. The lowest BCUT2D eigenvalue weighted by molar-refractivity contribution is -0.114. The Morgan fingerprint density at radius 3 is 2.70 bits per heavy atom. The highest BCUT2D eigenvalue weighted by Crippen LogP contribution is 2.40. The van der Waals surface area contributed by atoms with E-state index in [2.05, 4.69) is 15.4 Å². The molecule has 0 spiro atoms. The zero-order chi connectivity index (χ0) is 16.7. The van der Waals surface area contributed by atoms with Gasteiger partial charge in [-0.3, -0.25) is 9.48 Å². The lowest BCUT2D eigenvalue weighted by Gasteiger charge is -2.10. The Balaban J connectivity index is 2.22. The number of amides is 1. The van der Waals surface area contributed by atoms with Crippen LogP contribution < -0.4 is 5.32 Å². The van der Waals surface area contributed by atoms with Crippen LogP contribution in [0.2, 0.25) is 0 Å². The third kappa shape index (κ3) is 2.74. The lowest BCUT2D eigenvalue weighted by Crippen LogP contribution is -2.07. The van der Waals surface area contributed by atoms with Crippen molar-refractivity contribution in [2.45, 2.75) is 46.1 Å². The van der Waals surface area contributed by atoms with Crippen LogP contribution >= 0.6 is 11.3 Å². The Morgan fingerprint density at radius 1 is 1.35 bits per heavy atom. The van der Waals surface area contributed by atoms with Gasteiger partial charge in [-0.25, -0.2) is 9.78 Å². The van der Waals surface area contributed by atoms with Crippen molar-refractivity contribution < 1.29 is 14.7 Å². The predicted molar refractivity (Wildman–Crippen MR) is 87.0 cm³/mol. The molecule has 23 heavy (non-hydrogen) atoms. The fourth-order valence-corrected chi connectivity index (χ4v) is 3.96. The summed E-state index contributed by atoms with van der Waals surface area (Å²) < 4.78 is 1.76. The molecule has 7 nitrogen and oxygen atoms in total. The molecule has 0 atom stereocenters. The van der Waals surface area contributed by atoms with Crippen LogP contribution in [0.3, 0.4) is 0 Å². The first kappa shape index (κ1) is 15.7. The summed E-state index contributed by atoms with van der Waals surface area (Å²) in [7, 11) is 0. The van der Waals surface area contributed by atoms with Gasteiger partial charge in [0.2, 0.25) is 5.91 Å². The molecule has 0 saturated carbocycles. The highest BCUT2D eigenvalue weighted by atomic mass is 32.1. The first-order valence-corrected chi connectivity index (χ1v) is 8.32.